The van der Waals surface area contributed by atoms with Gasteiger partial charge in [0.15, 0.2) is 0 Å². The third kappa shape index (κ3) is 2.98. The first kappa shape index (κ1) is 17.0. The molecule has 2 N–H and O–H groups in total. The van der Waals surface area contributed by atoms with Crippen LogP contribution < -0.4 is 5.32 Å². The summed E-state index contributed by atoms with van der Waals surface area (Å²) in [6, 6.07) is 8.03. The third-order valence-corrected chi connectivity index (χ3v) is 6.71. The van der Waals surface area contributed by atoms with Gasteiger partial charge in [-0.05, 0) is 55.5 Å². The summed E-state index contributed by atoms with van der Waals surface area (Å²) in [6.07, 6.45) is 5.76. The maximum atomic E-state index is 12.9. The summed E-state index contributed by atoms with van der Waals surface area (Å²) in [5.41, 5.74) is 3.07. The lowest BCUT2D eigenvalue weighted by atomic mass is 9.78. The van der Waals surface area contributed by atoms with Crippen molar-refractivity contribution in [3.63, 3.8) is 0 Å². The molecule has 0 radical (unpaired) electrons. The Kier molecular flexibility index (Phi) is 3.89. The number of hydrogen-bond acceptors (Lipinski definition) is 3. The van der Waals surface area contributed by atoms with E-state index in [9.17, 15) is 9.59 Å². The second-order valence-electron chi connectivity index (χ2n) is 8.08. The van der Waals surface area contributed by atoms with Crippen LogP contribution in [-0.4, -0.2) is 46.0 Å². The van der Waals surface area contributed by atoms with Crippen LogP contribution in [-0.2, 0) is 10.2 Å². The first-order chi connectivity index (χ1) is 13.0. The van der Waals surface area contributed by atoms with Crippen LogP contribution in [0.2, 0.25) is 0 Å². The molecule has 2 aromatic rings. The smallest absolute Gasteiger partial charge is 0.254 e. The van der Waals surface area contributed by atoms with E-state index in [2.05, 4.69) is 37.5 Å². The van der Waals surface area contributed by atoms with Crippen molar-refractivity contribution < 1.29 is 9.59 Å². The summed E-state index contributed by atoms with van der Waals surface area (Å²) in [5, 5.41) is 10.1. The van der Waals surface area contributed by atoms with E-state index in [-0.39, 0.29) is 29.8 Å². The first-order valence-electron chi connectivity index (χ1n) is 9.42. The van der Waals surface area contributed by atoms with Crippen LogP contribution in [0.3, 0.4) is 0 Å². The number of H-pyrrole nitrogens is 1. The molecular formula is C20H21BrN4O2. The number of halogens is 1. The average Bonchev–Trinajstić information content (AvgIpc) is 3.17. The maximum absolute atomic E-state index is 12.9. The summed E-state index contributed by atoms with van der Waals surface area (Å²) in [4.78, 5) is 27.1. The third-order valence-electron chi connectivity index (χ3n) is 6.22. The minimum Gasteiger partial charge on any atom is -0.352 e. The molecule has 0 bridgehead atoms. The Hall–Kier alpha value is -2.15. The summed E-state index contributed by atoms with van der Waals surface area (Å²) < 4.78 is 1.00. The fourth-order valence-electron chi connectivity index (χ4n) is 4.47. The lowest BCUT2D eigenvalue weighted by Crippen LogP contribution is -2.51. The molecule has 2 heterocycles. The van der Waals surface area contributed by atoms with Gasteiger partial charge in [0.25, 0.3) is 5.91 Å². The lowest BCUT2D eigenvalue weighted by molar-refractivity contribution is -0.123. The highest BCUT2D eigenvalue weighted by atomic mass is 79.9. The van der Waals surface area contributed by atoms with Crippen LogP contribution in [0.15, 0.2) is 34.9 Å². The van der Waals surface area contributed by atoms with E-state index in [1.54, 1.807) is 11.1 Å². The molecule has 2 aliphatic carbocycles. The second kappa shape index (κ2) is 6.19. The van der Waals surface area contributed by atoms with E-state index in [1.165, 1.54) is 0 Å². The van der Waals surface area contributed by atoms with Crippen LogP contribution >= 0.6 is 15.9 Å². The molecular weight excluding hydrogens is 408 g/mol. The van der Waals surface area contributed by atoms with Crippen molar-refractivity contribution in [3.05, 3.63) is 51.8 Å². The predicted molar refractivity (Wildman–Crippen MR) is 103 cm³/mol. The topological polar surface area (TPSA) is 78.1 Å². The zero-order valence-electron chi connectivity index (χ0n) is 14.9. The number of nitrogens with one attached hydrogen (secondary N) is 2. The Labute approximate surface area is 165 Å². The number of rotatable bonds is 4. The molecule has 7 heteroatoms. The van der Waals surface area contributed by atoms with Gasteiger partial charge in [0.2, 0.25) is 5.91 Å². The zero-order valence-corrected chi connectivity index (χ0v) is 16.5. The Morgan fingerprint density at radius 2 is 2.15 bits per heavy atom. The van der Waals surface area contributed by atoms with Crippen molar-refractivity contribution in [2.75, 3.05) is 13.1 Å². The number of amides is 2. The first-order valence-corrected chi connectivity index (χ1v) is 10.2. The fourth-order valence-corrected chi connectivity index (χ4v) is 4.83. The number of benzene rings is 1. The van der Waals surface area contributed by atoms with Crippen molar-refractivity contribution in [3.8, 4) is 0 Å². The molecule has 0 atom stereocenters. The molecule has 1 aromatic heterocycles. The number of aromatic amines is 1. The zero-order chi connectivity index (χ0) is 18.6. The van der Waals surface area contributed by atoms with E-state index in [0.29, 0.717) is 12.5 Å². The molecule has 2 amide bonds. The molecule has 27 heavy (non-hydrogen) atoms. The average molecular weight is 429 g/mol. The highest BCUT2D eigenvalue weighted by molar-refractivity contribution is 9.10. The predicted octanol–water partition coefficient (Wildman–Crippen LogP) is 2.72. The molecule has 2 fully saturated rings. The fraction of sp³-hybridized carbons (Fsp3) is 0.450. The van der Waals surface area contributed by atoms with Crippen molar-refractivity contribution in [1.29, 1.82) is 0 Å². The quantitative estimate of drug-likeness (QED) is 0.785. The monoisotopic (exact) mass is 428 g/mol. The van der Waals surface area contributed by atoms with Gasteiger partial charge in [-0.25, -0.2) is 0 Å². The Morgan fingerprint density at radius 3 is 2.85 bits per heavy atom. The Bertz CT molecular complexity index is 901. The highest BCUT2D eigenvalue weighted by Gasteiger charge is 2.51. The lowest BCUT2D eigenvalue weighted by Gasteiger charge is -2.37. The normalized spacial score (nSPS) is 25.1. The standard InChI is InChI=1S/C20H21BrN4O2/c21-13-1-2-15-16(9-13)20(4-5-20)11-25(19(15)27)10-18(26)23-14-7-12(8-14)17-3-6-22-24-17/h1-3,6,9,12,14H,4-5,7-8,10-11H2,(H,22,24)(H,23,26)/t12-,14+. The van der Waals surface area contributed by atoms with Gasteiger partial charge >= 0.3 is 0 Å². The van der Waals surface area contributed by atoms with E-state index in [1.807, 2.05) is 18.2 Å². The maximum Gasteiger partial charge on any atom is 0.254 e. The molecule has 140 valence electrons. The summed E-state index contributed by atoms with van der Waals surface area (Å²) in [7, 11) is 0. The van der Waals surface area contributed by atoms with Crippen molar-refractivity contribution in [1.82, 2.24) is 20.4 Å². The molecule has 2 saturated carbocycles. The van der Waals surface area contributed by atoms with Gasteiger partial charge in [-0.15, -0.1) is 0 Å². The summed E-state index contributed by atoms with van der Waals surface area (Å²) in [5.74, 6) is 0.344. The van der Waals surface area contributed by atoms with Gasteiger partial charge < -0.3 is 10.2 Å². The van der Waals surface area contributed by atoms with Crippen LogP contribution in [0, 0.1) is 0 Å². The molecule has 5 rings (SSSR count). The number of hydrogen-bond donors (Lipinski definition) is 2. The SMILES string of the molecule is O=C(CN1CC2(CC2)c2cc(Br)ccc2C1=O)N[C@H]1C[C@@H](c2ccn[nH]2)C1. The van der Waals surface area contributed by atoms with Crippen molar-refractivity contribution >= 4 is 27.7 Å². The second-order valence-corrected chi connectivity index (χ2v) is 8.99. The number of nitrogens with zero attached hydrogens (tertiary/aromatic N) is 2. The number of carbonyl (C=O) groups is 2. The van der Waals surface area contributed by atoms with Crippen LogP contribution in [0.1, 0.15) is 53.2 Å². The van der Waals surface area contributed by atoms with Crippen LogP contribution in [0.5, 0.6) is 0 Å². The minimum absolute atomic E-state index is 0.0332. The van der Waals surface area contributed by atoms with Crippen molar-refractivity contribution in [2.24, 2.45) is 0 Å². The van der Waals surface area contributed by atoms with Gasteiger partial charge in [-0.2, -0.15) is 5.10 Å². The van der Waals surface area contributed by atoms with E-state index in [0.717, 1.165) is 47.0 Å². The molecule has 0 unspecified atom stereocenters. The highest BCUT2D eigenvalue weighted by Crippen LogP contribution is 2.52. The van der Waals surface area contributed by atoms with Gasteiger partial charge in [0.1, 0.15) is 0 Å². The summed E-state index contributed by atoms with van der Waals surface area (Å²) >= 11 is 3.51. The number of carbonyl (C=O) groups excluding carboxylic acids is 2. The van der Waals surface area contributed by atoms with Gasteiger partial charge in [-0.3, -0.25) is 14.7 Å². The Balaban J connectivity index is 1.22. The minimum atomic E-state index is -0.0622. The molecule has 6 nitrogen and oxygen atoms in total. The number of aromatic nitrogens is 2. The van der Waals surface area contributed by atoms with Crippen molar-refractivity contribution in [2.45, 2.75) is 43.1 Å². The molecule has 1 spiro atoms. The largest absolute Gasteiger partial charge is 0.352 e. The van der Waals surface area contributed by atoms with Crippen LogP contribution in [0.25, 0.3) is 0 Å². The Morgan fingerprint density at radius 1 is 1.33 bits per heavy atom. The molecule has 1 aliphatic heterocycles. The molecule has 0 saturated heterocycles. The van der Waals surface area contributed by atoms with E-state index < -0.39 is 0 Å². The van der Waals surface area contributed by atoms with E-state index >= 15 is 0 Å². The van der Waals surface area contributed by atoms with Crippen LogP contribution in [0.4, 0.5) is 0 Å². The molecule has 1 aromatic carbocycles. The van der Waals surface area contributed by atoms with Gasteiger partial charge in [0.05, 0.1) is 6.54 Å². The number of fused-ring (bicyclic) bond motifs is 2. The summed E-state index contributed by atoms with van der Waals surface area (Å²) in [6.45, 7) is 0.783. The van der Waals surface area contributed by atoms with E-state index in [4.69, 9.17) is 0 Å². The van der Waals surface area contributed by atoms with Gasteiger partial charge in [0, 0.05) is 45.8 Å². The van der Waals surface area contributed by atoms with Gasteiger partial charge in [-0.1, -0.05) is 15.9 Å². The molecule has 3 aliphatic rings.